The number of hydrogen-bond donors (Lipinski definition) is 1. The van der Waals surface area contributed by atoms with Crippen molar-refractivity contribution in [3.63, 3.8) is 0 Å². The summed E-state index contributed by atoms with van der Waals surface area (Å²) in [4.78, 5) is 10.5. The van der Waals surface area contributed by atoms with Gasteiger partial charge in [-0.05, 0) is 19.9 Å². The molecule has 0 bridgehead atoms. The zero-order valence-corrected chi connectivity index (χ0v) is 9.63. The van der Waals surface area contributed by atoms with Gasteiger partial charge in [0.25, 0.3) is 0 Å². The van der Waals surface area contributed by atoms with Crippen molar-refractivity contribution in [1.29, 1.82) is 0 Å². The minimum atomic E-state index is -0.287. The van der Waals surface area contributed by atoms with Gasteiger partial charge in [0.1, 0.15) is 0 Å². The smallest absolute Gasteiger partial charge is 0.225 e. The molecule has 0 radical (unpaired) electrons. The van der Waals surface area contributed by atoms with Crippen LogP contribution >= 0.6 is 0 Å². The van der Waals surface area contributed by atoms with Crippen molar-refractivity contribution in [3.8, 4) is 0 Å². The van der Waals surface area contributed by atoms with E-state index in [9.17, 15) is 5.11 Å². The Bertz CT molecular complexity index is 342. The number of hydrogen-bond acceptors (Lipinski definition) is 5. The molecule has 0 amide bonds. The van der Waals surface area contributed by atoms with Crippen molar-refractivity contribution < 1.29 is 9.84 Å². The molecule has 16 heavy (non-hydrogen) atoms. The molecule has 2 heterocycles. The van der Waals surface area contributed by atoms with E-state index in [0.717, 1.165) is 6.54 Å². The zero-order chi connectivity index (χ0) is 11.6. The van der Waals surface area contributed by atoms with Gasteiger partial charge in [-0.15, -0.1) is 0 Å². The summed E-state index contributed by atoms with van der Waals surface area (Å²) in [5, 5.41) is 9.20. The third-order valence-electron chi connectivity index (χ3n) is 2.52. The average Bonchev–Trinajstić information content (AvgIpc) is 2.28. The molecule has 1 aliphatic heterocycles. The van der Waals surface area contributed by atoms with Crippen LogP contribution in [0.25, 0.3) is 0 Å². The molecule has 88 valence electrons. The molecule has 2 rings (SSSR count). The van der Waals surface area contributed by atoms with E-state index in [4.69, 9.17) is 4.74 Å². The summed E-state index contributed by atoms with van der Waals surface area (Å²) >= 11 is 0. The van der Waals surface area contributed by atoms with Crippen molar-refractivity contribution in [2.75, 3.05) is 24.6 Å². The van der Waals surface area contributed by atoms with Gasteiger partial charge >= 0.3 is 0 Å². The fraction of sp³-hybridized carbons (Fsp3) is 0.636. The zero-order valence-electron chi connectivity index (χ0n) is 9.63. The van der Waals surface area contributed by atoms with Gasteiger partial charge in [-0.25, -0.2) is 9.97 Å². The molecular weight excluding hydrogens is 206 g/mol. The van der Waals surface area contributed by atoms with Gasteiger partial charge in [-0.3, -0.25) is 0 Å². The molecule has 1 aliphatic rings. The summed E-state index contributed by atoms with van der Waals surface area (Å²) in [6.07, 6.45) is 3.27. The molecule has 1 atom stereocenters. The molecule has 0 spiro atoms. The molecule has 1 fully saturated rings. The standard InChI is InChI=1S/C11H17N3O2/c1-11(2)8-14(6-9(7-15)16-11)10-12-4-3-5-13-10/h3-5,9,15H,6-8H2,1-2H3. The van der Waals surface area contributed by atoms with Crippen LogP contribution in [-0.2, 0) is 4.74 Å². The van der Waals surface area contributed by atoms with Gasteiger partial charge in [0, 0.05) is 25.5 Å². The number of ether oxygens (including phenoxy) is 1. The van der Waals surface area contributed by atoms with Crippen molar-refractivity contribution in [3.05, 3.63) is 18.5 Å². The van der Waals surface area contributed by atoms with Crippen LogP contribution in [0.2, 0.25) is 0 Å². The Morgan fingerprint density at radius 1 is 1.50 bits per heavy atom. The van der Waals surface area contributed by atoms with E-state index in [-0.39, 0.29) is 18.3 Å². The normalized spacial score (nSPS) is 24.4. The third kappa shape index (κ3) is 2.48. The topological polar surface area (TPSA) is 58.5 Å². The number of anilines is 1. The highest BCUT2D eigenvalue weighted by Crippen LogP contribution is 2.23. The summed E-state index contributed by atoms with van der Waals surface area (Å²) in [5.74, 6) is 0.692. The van der Waals surface area contributed by atoms with E-state index in [1.165, 1.54) is 0 Å². The first kappa shape index (κ1) is 11.3. The maximum Gasteiger partial charge on any atom is 0.225 e. The Morgan fingerprint density at radius 2 is 2.19 bits per heavy atom. The lowest BCUT2D eigenvalue weighted by atomic mass is 10.1. The Balaban J connectivity index is 2.16. The first-order valence-corrected chi connectivity index (χ1v) is 5.41. The number of aliphatic hydroxyl groups is 1. The summed E-state index contributed by atoms with van der Waals surface area (Å²) in [7, 11) is 0. The van der Waals surface area contributed by atoms with Crippen molar-refractivity contribution in [2.24, 2.45) is 0 Å². The lowest BCUT2D eigenvalue weighted by Crippen LogP contribution is -2.54. The van der Waals surface area contributed by atoms with Crippen LogP contribution in [0, 0.1) is 0 Å². The van der Waals surface area contributed by atoms with Crippen LogP contribution < -0.4 is 4.90 Å². The number of aliphatic hydroxyl groups excluding tert-OH is 1. The van der Waals surface area contributed by atoms with E-state index in [1.54, 1.807) is 18.5 Å². The van der Waals surface area contributed by atoms with Crippen LogP contribution in [0.5, 0.6) is 0 Å². The molecule has 0 aliphatic carbocycles. The van der Waals surface area contributed by atoms with Gasteiger partial charge in [0.15, 0.2) is 0 Å². The molecule has 1 saturated heterocycles. The minimum absolute atomic E-state index is 0.0206. The van der Waals surface area contributed by atoms with Crippen LogP contribution in [0.1, 0.15) is 13.8 Å². The quantitative estimate of drug-likeness (QED) is 0.789. The van der Waals surface area contributed by atoms with Crippen molar-refractivity contribution in [1.82, 2.24) is 9.97 Å². The predicted molar refractivity (Wildman–Crippen MR) is 60.3 cm³/mol. The highest BCUT2D eigenvalue weighted by molar-refractivity contribution is 5.30. The molecule has 1 N–H and O–H groups in total. The molecule has 1 aromatic heterocycles. The Hall–Kier alpha value is -1.20. The summed E-state index contributed by atoms with van der Waals surface area (Å²) < 4.78 is 5.73. The minimum Gasteiger partial charge on any atom is -0.394 e. The summed E-state index contributed by atoms with van der Waals surface area (Å²) in [6, 6.07) is 1.79. The monoisotopic (exact) mass is 223 g/mol. The van der Waals surface area contributed by atoms with Crippen LogP contribution in [0.15, 0.2) is 18.5 Å². The predicted octanol–water partition coefficient (Wildman–Crippen LogP) is 0.453. The van der Waals surface area contributed by atoms with Gasteiger partial charge in [0.2, 0.25) is 5.95 Å². The SMILES string of the molecule is CC1(C)CN(c2ncccn2)CC(CO)O1. The van der Waals surface area contributed by atoms with Gasteiger partial charge in [-0.2, -0.15) is 0 Å². The van der Waals surface area contributed by atoms with E-state index in [1.807, 2.05) is 18.7 Å². The Kier molecular flexibility index (Phi) is 3.07. The van der Waals surface area contributed by atoms with Crippen LogP contribution in [-0.4, -0.2) is 46.5 Å². The Morgan fingerprint density at radius 3 is 2.81 bits per heavy atom. The van der Waals surface area contributed by atoms with E-state index < -0.39 is 0 Å². The highest BCUT2D eigenvalue weighted by atomic mass is 16.5. The Labute approximate surface area is 95.1 Å². The highest BCUT2D eigenvalue weighted by Gasteiger charge is 2.33. The first-order valence-electron chi connectivity index (χ1n) is 5.41. The van der Waals surface area contributed by atoms with Crippen LogP contribution in [0.4, 0.5) is 5.95 Å². The first-order chi connectivity index (χ1) is 7.61. The molecule has 0 saturated carbocycles. The van der Waals surface area contributed by atoms with E-state index >= 15 is 0 Å². The fourth-order valence-electron chi connectivity index (χ4n) is 2.00. The van der Waals surface area contributed by atoms with Crippen LogP contribution in [0.3, 0.4) is 0 Å². The second-order valence-electron chi connectivity index (χ2n) is 4.61. The number of aromatic nitrogens is 2. The summed E-state index contributed by atoms with van der Waals surface area (Å²) in [6.45, 7) is 5.39. The molecule has 5 nitrogen and oxygen atoms in total. The lowest BCUT2D eigenvalue weighted by Gasteiger charge is -2.42. The van der Waals surface area contributed by atoms with Gasteiger partial charge in [-0.1, -0.05) is 0 Å². The lowest BCUT2D eigenvalue weighted by molar-refractivity contribution is -0.101. The van der Waals surface area contributed by atoms with Crippen molar-refractivity contribution >= 4 is 5.95 Å². The van der Waals surface area contributed by atoms with Crippen molar-refractivity contribution in [2.45, 2.75) is 25.6 Å². The maximum absolute atomic E-state index is 9.20. The van der Waals surface area contributed by atoms with E-state index in [2.05, 4.69) is 9.97 Å². The summed E-state index contributed by atoms with van der Waals surface area (Å²) in [5.41, 5.74) is -0.287. The fourth-order valence-corrected chi connectivity index (χ4v) is 2.00. The van der Waals surface area contributed by atoms with Gasteiger partial charge < -0.3 is 14.7 Å². The second-order valence-corrected chi connectivity index (χ2v) is 4.61. The molecule has 0 aromatic carbocycles. The number of nitrogens with zero attached hydrogens (tertiary/aromatic N) is 3. The average molecular weight is 223 g/mol. The largest absolute Gasteiger partial charge is 0.394 e. The van der Waals surface area contributed by atoms with E-state index in [0.29, 0.717) is 12.5 Å². The molecule has 1 unspecified atom stereocenters. The van der Waals surface area contributed by atoms with Gasteiger partial charge in [0.05, 0.1) is 18.3 Å². The third-order valence-corrected chi connectivity index (χ3v) is 2.52. The second kappa shape index (κ2) is 4.35. The maximum atomic E-state index is 9.20. The molecule has 5 heteroatoms. The number of morpholine rings is 1. The molecular formula is C11H17N3O2. The molecule has 1 aromatic rings. The number of rotatable bonds is 2.